The predicted octanol–water partition coefficient (Wildman–Crippen LogP) is 3.38. The van der Waals surface area contributed by atoms with Gasteiger partial charge in [-0.2, -0.15) is 0 Å². The molecule has 0 fully saturated rings. The molecule has 6 heteroatoms. The summed E-state index contributed by atoms with van der Waals surface area (Å²) in [5.41, 5.74) is -0.0883. The summed E-state index contributed by atoms with van der Waals surface area (Å²) in [7, 11) is 0. The molecule has 15 heavy (non-hydrogen) atoms. The van der Waals surface area contributed by atoms with Gasteiger partial charge in [-0.3, -0.25) is 10.1 Å². The molecule has 0 radical (unpaired) electrons. The molecule has 0 saturated heterocycles. The Morgan fingerprint density at radius 1 is 1.60 bits per heavy atom. The Hall–Kier alpha value is -1.26. The minimum Gasteiger partial charge on any atom is -0.486 e. The molecule has 0 aromatic heterocycles. The van der Waals surface area contributed by atoms with Crippen molar-refractivity contribution in [2.45, 2.75) is 0 Å². The van der Waals surface area contributed by atoms with Gasteiger partial charge in [0.2, 0.25) is 0 Å². The topological polar surface area (TPSA) is 52.4 Å². The van der Waals surface area contributed by atoms with Crippen molar-refractivity contribution in [2.24, 2.45) is 0 Å². The van der Waals surface area contributed by atoms with Crippen LogP contribution in [0.25, 0.3) is 0 Å². The van der Waals surface area contributed by atoms with Crippen LogP contribution in [0, 0.1) is 10.1 Å². The Balaban J connectivity index is 2.90. The van der Waals surface area contributed by atoms with Crippen molar-refractivity contribution in [3.8, 4) is 5.75 Å². The lowest BCUT2D eigenvalue weighted by atomic mass is 10.3. The second-order valence-corrected chi connectivity index (χ2v) is 3.62. The van der Waals surface area contributed by atoms with Crippen LogP contribution in [0.3, 0.4) is 0 Å². The quantitative estimate of drug-likeness (QED) is 0.606. The molecule has 1 aromatic rings. The first kappa shape index (κ1) is 11.8. The smallest absolute Gasteiger partial charge is 0.273 e. The van der Waals surface area contributed by atoms with Gasteiger partial charge >= 0.3 is 0 Å². The Morgan fingerprint density at radius 3 is 2.80 bits per heavy atom. The van der Waals surface area contributed by atoms with E-state index in [0.29, 0.717) is 5.02 Å². The maximum atomic E-state index is 10.5. The molecule has 0 atom stereocenters. The second kappa shape index (κ2) is 5.00. The minimum atomic E-state index is -0.529. The Labute approximate surface area is 96.2 Å². The SMILES string of the molecule is C=C(Cl)COc1cc([N+](=O)[O-])ccc1Cl. The lowest BCUT2D eigenvalue weighted by Gasteiger charge is -2.06. The first-order valence-electron chi connectivity index (χ1n) is 3.90. The number of rotatable bonds is 4. The van der Waals surface area contributed by atoms with Crippen molar-refractivity contribution in [2.75, 3.05) is 6.61 Å². The molecular formula is C9H7Cl2NO3. The first-order valence-corrected chi connectivity index (χ1v) is 4.66. The van der Waals surface area contributed by atoms with Gasteiger partial charge in [0.15, 0.2) is 0 Å². The van der Waals surface area contributed by atoms with Gasteiger partial charge in [-0.15, -0.1) is 0 Å². The van der Waals surface area contributed by atoms with Crippen LogP contribution < -0.4 is 4.74 Å². The summed E-state index contributed by atoms with van der Waals surface area (Å²) in [6.07, 6.45) is 0. The number of benzene rings is 1. The van der Waals surface area contributed by atoms with Crippen LogP contribution in [0.1, 0.15) is 0 Å². The zero-order valence-corrected chi connectivity index (χ0v) is 9.09. The van der Waals surface area contributed by atoms with Crippen molar-refractivity contribution in [3.05, 3.63) is 44.9 Å². The van der Waals surface area contributed by atoms with Crippen LogP contribution in [-0.2, 0) is 0 Å². The van der Waals surface area contributed by atoms with Crippen molar-refractivity contribution in [1.82, 2.24) is 0 Å². The van der Waals surface area contributed by atoms with E-state index in [1.165, 1.54) is 18.2 Å². The molecule has 1 rings (SSSR count). The van der Waals surface area contributed by atoms with E-state index in [9.17, 15) is 10.1 Å². The van der Waals surface area contributed by atoms with E-state index in [1.807, 2.05) is 0 Å². The van der Waals surface area contributed by atoms with Crippen LogP contribution in [0.5, 0.6) is 5.75 Å². The molecule has 80 valence electrons. The average Bonchev–Trinajstić information content (AvgIpc) is 2.16. The molecular weight excluding hydrogens is 241 g/mol. The molecule has 0 aliphatic heterocycles. The summed E-state index contributed by atoms with van der Waals surface area (Å²) in [6.45, 7) is 3.48. The highest BCUT2D eigenvalue weighted by molar-refractivity contribution is 6.32. The minimum absolute atomic E-state index is 0.0580. The fourth-order valence-electron chi connectivity index (χ4n) is 0.872. The molecule has 0 aliphatic carbocycles. The summed E-state index contributed by atoms with van der Waals surface area (Å²) in [5.74, 6) is 0.215. The number of halogens is 2. The van der Waals surface area contributed by atoms with E-state index in [4.69, 9.17) is 27.9 Å². The van der Waals surface area contributed by atoms with E-state index < -0.39 is 4.92 Å². The highest BCUT2D eigenvalue weighted by atomic mass is 35.5. The van der Waals surface area contributed by atoms with E-state index in [0.717, 1.165) is 0 Å². The molecule has 0 unspecified atom stereocenters. The predicted molar refractivity (Wildman–Crippen MR) is 58.6 cm³/mol. The summed E-state index contributed by atoms with van der Waals surface area (Å²) in [6, 6.07) is 3.93. The van der Waals surface area contributed by atoms with Gasteiger partial charge in [-0.05, 0) is 6.07 Å². The van der Waals surface area contributed by atoms with Gasteiger partial charge in [-0.1, -0.05) is 29.8 Å². The number of ether oxygens (including phenoxy) is 1. The van der Waals surface area contributed by atoms with E-state index in [2.05, 4.69) is 6.58 Å². The summed E-state index contributed by atoms with van der Waals surface area (Å²) in [4.78, 5) is 9.94. The maximum Gasteiger partial charge on any atom is 0.273 e. The van der Waals surface area contributed by atoms with E-state index in [1.54, 1.807) is 0 Å². The van der Waals surface area contributed by atoms with Crippen LogP contribution in [0.4, 0.5) is 5.69 Å². The van der Waals surface area contributed by atoms with Crippen molar-refractivity contribution in [3.63, 3.8) is 0 Å². The van der Waals surface area contributed by atoms with Gasteiger partial charge in [0.05, 0.1) is 16.0 Å². The Morgan fingerprint density at radius 2 is 2.27 bits per heavy atom. The van der Waals surface area contributed by atoms with Gasteiger partial charge in [0.25, 0.3) is 5.69 Å². The third-order valence-electron chi connectivity index (χ3n) is 1.51. The average molecular weight is 248 g/mol. The standard InChI is InChI=1S/C9H7Cl2NO3/c1-6(10)5-15-9-4-7(12(13)14)2-3-8(9)11/h2-4H,1,5H2. The maximum absolute atomic E-state index is 10.5. The molecule has 0 amide bonds. The van der Waals surface area contributed by atoms with Gasteiger partial charge in [0, 0.05) is 11.1 Å². The lowest BCUT2D eigenvalue weighted by molar-refractivity contribution is -0.384. The van der Waals surface area contributed by atoms with Crippen molar-refractivity contribution >= 4 is 28.9 Å². The fraction of sp³-hybridized carbons (Fsp3) is 0.111. The van der Waals surface area contributed by atoms with Crippen LogP contribution in [0.2, 0.25) is 5.02 Å². The molecule has 0 heterocycles. The van der Waals surface area contributed by atoms with Gasteiger partial charge < -0.3 is 4.74 Å². The number of hydrogen-bond donors (Lipinski definition) is 0. The Bertz CT molecular complexity index is 406. The van der Waals surface area contributed by atoms with Crippen molar-refractivity contribution in [1.29, 1.82) is 0 Å². The van der Waals surface area contributed by atoms with Crippen LogP contribution in [-0.4, -0.2) is 11.5 Å². The fourth-order valence-corrected chi connectivity index (χ4v) is 1.10. The largest absolute Gasteiger partial charge is 0.486 e. The third kappa shape index (κ3) is 3.42. The molecule has 0 aliphatic rings. The molecule has 0 saturated carbocycles. The normalized spacial score (nSPS) is 9.73. The number of nitro benzene ring substituents is 1. The molecule has 1 aromatic carbocycles. The zero-order chi connectivity index (χ0) is 11.4. The molecule has 4 nitrogen and oxygen atoms in total. The summed E-state index contributed by atoms with van der Waals surface area (Å²) >= 11 is 11.2. The third-order valence-corrected chi connectivity index (χ3v) is 1.93. The summed E-state index contributed by atoms with van der Waals surface area (Å²) in [5, 5.41) is 11.0. The second-order valence-electron chi connectivity index (χ2n) is 2.68. The van der Waals surface area contributed by atoms with Gasteiger partial charge in [0.1, 0.15) is 12.4 Å². The lowest BCUT2D eigenvalue weighted by Crippen LogP contribution is -1.98. The number of nitro groups is 1. The highest BCUT2D eigenvalue weighted by Crippen LogP contribution is 2.29. The van der Waals surface area contributed by atoms with E-state index >= 15 is 0 Å². The number of nitrogens with zero attached hydrogens (tertiary/aromatic N) is 1. The van der Waals surface area contributed by atoms with E-state index in [-0.39, 0.29) is 23.1 Å². The monoisotopic (exact) mass is 247 g/mol. The summed E-state index contributed by atoms with van der Waals surface area (Å²) < 4.78 is 5.12. The van der Waals surface area contributed by atoms with Gasteiger partial charge in [-0.25, -0.2) is 0 Å². The number of non-ortho nitro benzene ring substituents is 1. The molecule has 0 spiro atoms. The zero-order valence-electron chi connectivity index (χ0n) is 7.57. The van der Waals surface area contributed by atoms with Crippen molar-refractivity contribution < 1.29 is 9.66 Å². The highest BCUT2D eigenvalue weighted by Gasteiger charge is 2.10. The van der Waals surface area contributed by atoms with Crippen LogP contribution in [0.15, 0.2) is 29.8 Å². The number of hydrogen-bond acceptors (Lipinski definition) is 3. The Kier molecular flexibility index (Phi) is 3.94. The molecule has 0 N–H and O–H groups in total. The first-order chi connectivity index (χ1) is 7.00. The van der Waals surface area contributed by atoms with Crippen LogP contribution >= 0.6 is 23.2 Å². The molecule has 0 bridgehead atoms.